The van der Waals surface area contributed by atoms with E-state index in [2.05, 4.69) is 49.5 Å². The zero-order chi connectivity index (χ0) is 14.4. The molecule has 108 valence electrons. The summed E-state index contributed by atoms with van der Waals surface area (Å²) in [6, 6.07) is 10.7. The zero-order valence-electron chi connectivity index (χ0n) is 12.5. The normalized spacial score (nSPS) is 10.8. The molecule has 0 unspecified atom stereocenters. The van der Waals surface area contributed by atoms with Crippen LogP contribution >= 0.6 is 11.3 Å². The maximum absolute atomic E-state index is 5.88. The average Bonchev–Trinajstić information content (AvgIpc) is 2.79. The third kappa shape index (κ3) is 4.09. The van der Waals surface area contributed by atoms with Gasteiger partial charge in [-0.1, -0.05) is 25.5 Å². The van der Waals surface area contributed by atoms with E-state index in [1.807, 2.05) is 18.4 Å². The Hall–Kier alpha value is -1.32. The standard InChI is InChI=1S/C17H23NOS/c1-4-5-14-6-8-16(9-7-14)19-12-15-10-17(11-18-3)20-13(15)2/h6-10,18H,4-5,11-12H2,1-3H3. The number of hydrogen-bond acceptors (Lipinski definition) is 3. The average molecular weight is 289 g/mol. The summed E-state index contributed by atoms with van der Waals surface area (Å²) in [5.41, 5.74) is 2.67. The van der Waals surface area contributed by atoms with Crippen LogP contribution in [0.1, 0.15) is 34.2 Å². The Balaban J connectivity index is 1.94. The lowest BCUT2D eigenvalue weighted by Crippen LogP contribution is -2.02. The third-order valence-electron chi connectivity index (χ3n) is 3.28. The molecule has 0 radical (unpaired) electrons. The second-order valence-electron chi connectivity index (χ2n) is 5.01. The molecule has 0 amide bonds. The predicted octanol–water partition coefficient (Wildman–Crippen LogP) is 4.31. The second kappa shape index (κ2) is 7.46. The Kier molecular flexibility index (Phi) is 5.62. The fourth-order valence-corrected chi connectivity index (χ4v) is 3.25. The van der Waals surface area contributed by atoms with Gasteiger partial charge in [0.15, 0.2) is 0 Å². The van der Waals surface area contributed by atoms with Gasteiger partial charge in [-0.2, -0.15) is 0 Å². The zero-order valence-corrected chi connectivity index (χ0v) is 13.3. The number of nitrogens with one attached hydrogen (secondary N) is 1. The third-order valence-corrected chi connectivity index (χ3v) is 4.37. The van der Waals surface area contributed by atoms with Crippen molar-refractivity contribution in [1.82, 2.24) is 5.32 Å². The maximum Gasteiger partial charge on any atom is 0.119 e. The van der Waals surface area contributed by atoms with Gasteiger partial charge < -0.3 is 10.1 Å². The number of thiophene rings is 1. The van der Waals surface area contributed by atoms with Crippen molar-refractivity contribution in [2.45, 2.75) is 39.8 Å². The van der Waals surface area contributed by atoms with Crippen molar-refractivity contribution in [3.8, 4) is 5.75 Å². The molecule has 1 aromatic carbocycles. The summed E-state index contributed by atoms with van der Waals surface area (Å²) in [7, 11) is 1.98. The van der Waals surface area contributed by atoms with Gasteiger partial charge in [0.05, 0.1) is 0 Å². The van der Waals surface area contributed by atoms with Crippen LogP contribution in [0.4, 0.5) is 0 Å². The molecule has 0 saturated carbocycles. The highest BCUT2D eigenvalue weighted by atomic mass is 32.1. The smallest absolute Gasteiger partial charge is 0.119 e. The first-order valence-corrected chi connectivity index (χ1v) is 7.99. The molecule has 2 aromatic rings. The summed E-state index contributed by atoms with van der Waals surface area (Å²) in [5, 5.41) is 3.19. The van der Waals surface area contributed by atoms with E-state index in [9.17, 15) is 0 Å². The number of aryl methyl sites for hydroxylation is 2. The maximum atomic E-state index is 5.88. The van der Waals surface area contributed by atoms with Crippen LogP contribution in [-0.2, 0) is 19.6 Å². The largest absolute Gasteiger partial charge is 0.489 e. The summed E-state index contributed by atoms with van der Waals surface area (Å²) in [6.45, 7) is 5.94. The van der Waals surface area contributed by atoms with Crippen LogP contribution in [0.5, 0.6) is 5.75 Å². The van der Waals surface area contributed by atoms with Crippen LogP contribution in [0, 0.1) is 6.92 Å². The van der Waals surface area contributed by atoms with Gasteiger partial charge in [-0.3, -0.25) is 0 Å². The van der Waals surface area contributed by atoms with Gasteiger partial charge in [0, 0.05) is 21.9 Å². The Morgan fingerprint density at radius 3 is 2.60 bits per heavy atom. The molecule has 0 fully saturated rings. The summed E-state index contributed by atoms with van der Waals surface area (Å²) in [4.78, 5) is 2.71. The molecule has 0 saturated heterocycles. The van der Waals surface area contributed by atoms with Crippen LogP contribution in [0.25, 0.3) is 0 Å². The number of hydrogen-bond donors (Lipinski definition) is 1. The SMILES string of the molecule is CCCc1ccc(OCc2cc(CNC)sc2C)cc1. The van der Waals surface area contributed by atoms with Crippen molar-refractivity contribution in [2.75, 3.05) is 7.05 Å². The van der Waals surface area contributed by atoms with E-state index in [0.29, 0.717) is 6.61 Å². The molecule has 0 aliphatic rings. The summed E-state index contributed by atoms with van der Waals surface area (Å²) in [5.74, 6) is 0.950. The lowest BCUT2D eigenvalue weighted by Gasteiger charge is -2.06. The van der Waals surface area contributed by atoms with Crippen molar-refractivity contribution in [1.29, 1.82) is 0 Å². The lowest BCUT2D eigenvalue weighted by atomic mass is 10.1. The molecule has 2 rings (SSSR count). The van der Waals surface area contributed by atoms with E-state index in [-0.39, 0.29) is 0 Å². The van der Waals surface area contributed by atoms with Gasteiger partial charge in [0.1, 0.15) is 12.4 Å². The molecule has 2 nitrogen and oxygen atoms in total. The van der Waals surface area contributed by atoms with Crippen LogP contribution < -0.4 is 10.1 Å². The molecular weight excluding hydrogens is 266 g/mol. The molecule has 1 heterocycles. The Bertz CT molecular complexity index is 530. The fraction of sp³-hybridized carbons (Fsp3) is 0.412. The van der Waals surface area contributed by atoms with Crippen LogP contribution in [0.3, 0.4) is 0 Å². The minimum Gasteiger partial charge on any atom is -0.489 e. The van der Waals surface area contributed by atoms with Crippen molar-refractivity contribution in [3.63, 3.8) is 0 Å². The van der Waals surface area contributed by atoms with Gasteiger partial charge in [0.2, 0.25) is 0 Å². The van der Waals surface area contributed by atoms with Gasteiger partial charge in [-0.15, -0.1) is 11.3 Å². The van der Waals surface area contributed by atoms with E-state index < -0.39 is 0 Å². The van der Waals surface area contributed by atoms with E-state index in [1.165, 1.54) is 27.3 Å². The minimum atomic E-state index is 0.652. The van der Waals surface area contributed by atoms with Gasteiger partial charge in [0.25, 0.3) is 0 Å². The summed E-state index contributed by atoms with van der Waals surface area (Å²) < 4.78 is 5.88. The Labute approximate surface area is 125 Å². The fourth-order valence-electron chi connectivity index (χ4n) is 2.19. The molecule has 1 aromatic heterocycles. The van der Waals surface area contributed by atoms with Gasteiger partial charge >= 0.3 is 0 Å². The highest BCUT2D eigenvalue weighted by molar-refractivity contribution is 7.12. The minimum absolute atomic E-state index is 0.652. The molecule has 1 N–H and O–H groups in total. The molecule has 0 aliphatic carbocycles. The van der Waals surface area contributed by atoms with Crippen molar-refractivity contribution in [2.24, 2.45) is 0 Å². The van der Waals surface area contributed by atoms with Gasteiger partial charge in [-0.05, 0) is 44.2 Å². The van der Waals surface area contributed by atoms with Crippen LogP contribution in [0.2, 0.25) is 0 Å². The van der Waals surface area contributed by atoms with E-state index in [1.54, 1.807) is 0 Å². The first-order valence-electron chi connectivity index (χ1n) is 7.17. The quantitative estimate of drug-likeness (QED) is 0.820. The number of ether oxygens (including phenoxy) is 1. The summed E-state index contributed by atoms with van der Waals surface area (Å²) >= 11 is 1.84. The van der Waals surface area contributed by atoms with Gasteiger partial charge in [-0.25, -0.2) is 0 Å². The Morgan fingerprint density at radius 1 is 1.20 bits per heavy atom. The van der Waals surface area contributed by atoms with Crippen molar-refractivity contribution < 1.29 is 4.74 Å². The second-order valence-corrected chi connectivity index (χ2v) is 6.35. The van der Waals surface area contributed by atoms with E-state index in [0.717, 1.165) is 18.7 Å². The molecule has 3 heteroatoms. The van der Waals surface area contributed by atoms with Crippen molar-refractivity contribution in [3.05, 3.63) is 51.2 Å². The van der Waals surface area contributed by atoms with Crippen LogP contribution in [0.15, 0.2) is 30.3 Å². The monoisotopic (exact) mass is 289 g/mol. The predicted molar refractivity (Wildman–Crippen MR) is 86.6 cm³/mol. The first kappa shape index (κ1) is 15.1. The molecular formula is C17H23NOS. The molecule has 20 heavy (non-hydrogen) atoms. The highest BCUT2D eigenvalue weighted by Gasteiger charge is 2.06. The van der Waals surface area contributed by atoms with E-state index >= 15 is 0 Å². The first-order chi connectivity index (χ1) is 9.72. The Morgan fingerprint density at radius 2 is 1.95 bits per heavy atom. The highest BCUT2D eigenvalue weighted by Crippen LogP contribution is 2.23. The molecule has 0 bridgehead atoms. The van der Waals surface area contributed by atoms with E-state index in [4.69, 9.17) is 4.74 Å². The lowest BCUT2D eigenvalue weighted by molar-refractivity contribution is 0.306. The molecule has 0 atom stereocenters. The topological polar surface area (TPSA) is 21.3 Å². The number of benzene rings is 1. The number of rotatable bonds is 7. The van der Waals surface area contributed by atoms with Crippen molar-refractivity contribution >= 4 is 11.3 Å². The molecule has 0 aliphatic heterocycles. The van der Waals surface area contributed by atoms with Crippen LogP contribution in [-0.4, -0.2) is 7.05 Å². The summed E-state index contributed by atoms with van der Waals surface area (Å²) in [6.07, 6.45) is 2.32. The molecule has 0 spiro atoms.